The summed E-state index contributed by atoms with van der Waals surface area (Å²) in [6, 6.07) is 16.5. The van der Waals surface area contributed by atoms with Gasteiger partial charge in [0.1, 0.15) is 0 Å². The summed E-state index contributed by atoms with van der Waals surface area (Å²) in [6.07, 6.45) is 0. The van der Waals surface area contributed by atoms with Crippen molar-refractivity contribution in [3.05, 3.63) is 48.5 Å². The minimum Gasteiger partial charge on any atom is -0.477 e. The second-order valence-corrected chi connectivity index (χ2v) is 6.33. The van der Waals surface area contributed by atoms with E-state index in [1.165, 1.54) is 10.8 Å². The summed E-state index contributed by atoms with van der Waals surface area (Å²) in [7, 11) is 0. The van der Waals surface area contributed by atoms with E-state index in [-0.39, 0.29) is 5.41 Å². The Hall–Kier alpha value is -2.09. The molecule has 1 aromatic heterocycles. The van der Waals surface area contributed by atoms with Crippen LogP contribution >= 0.6 is 0 Å². The maximum atomic E-state index is 5.98. The molecular weight excluding hydrogens is 246 g/mol. The Balaban J connectivity index is 2.19. The summed E-state index contributed by atoms with van der Waals surface area (Å²) in [5.74, 6) is 0.731. The molecule has 0 aliphatic heterocycles. The van der Waals surface area contributed by atoms with E-state index in [2.05, 4.69) is 50.0 Å². The molecule has 3 rings (SSSR count). The second kappa shape index (κ2) is 4.78. The van der Waals surface area contributed by atoms with Crippen molar-refractivity contribution in [2.24, 2.45) is 5.41 Å². The molecule has 2 nitrogen and oxygen atoms in total. The van der Waals surface area contributed by atoms with E-state index in [1.807, 2.05) is 24.3 Å². The van der Waals surface area contributed by atoms with E-state index in [4.69, 9.17) is 4.74 Å². The fourth-order valence-electron chi connectivity index (χ4n) is 2.27. The van der Waals surface area contributed by atoms with Gasteiger partial charge in [-0.2, -0.15) is 0 Å². The number of rotatable bonds is 2. The van der Waals surface area contributed by atoms with Gasteiger partial charge in [-0.05, 0) is 22.9 Å². The minimum atomic E-state index is 0.119. The topological polar surface area (TPSA) is 22.1 Å². The third-order valence-corrected chi connectivity index (χ3v) is 3.22. The second-order valence-electron chi connectivity index (χ2n) is 6.33. The van der Waals surface area contributed by atoms with Crippen molar-refractivity contribution < 1.29 is 4.74 Å². The monoisotopic (exact) mass is 265 g/mol. The largest absolute Gasteiger partial charge is 0.477 e. The summed E-state index contributed by atoms with van der Waals surface area (Å²) >= 11 is 0. The molecule has 2 heteroatoms. The number of pyridine rings is 1. The number of hydrogen-bond acceptors (Lipinski definition) is 2. The zero-order valence-electron chi connectivity index (χ0n) is 12.2. The molecule has 20 heavy (non-hydrogen) atoms. The lowest BCUT2D eigenvalue weighted by Crippen LogP contribution is -2.17. The molecule has 0 saturated heterocycles. The van der Waals surface area contributed by atoms with E-state index < -0.39 is 0 Å². The number of benzene rings is 2. The third kappa shape index (κ3) is 2.46. The fourth-order valence-corrected chi connectivity index (χ4v) is 2.27. The van der Waals surface area contributed by atoms with Crippen LogP contribution in [0.3, 0.4) is 0 Å². The smallest absolute Gasteiger partial charge is 0.221 e. The molecule has 0 aliphatic carbocycles. The molecule has 0 radical (unpaired) electrons. The van der Waals surface area contributed by atoms with Crippen molar-refractivity contribution in [3.63, 3.8) is 0 Å². The lowest BCUT2D eigenvalue weighted by atomic mass is 9.99. The van der Waals surface area contributed by atoms with Crippen LogP contribution < -0.4 is 4.74 Å². The number of fused-ring (bicyclic) bond motifs is 3. The van der Waals surface area contributed by atoms with Crippen molar-refractivity contribution in [1.82, 2.24) is 4.98 Å². The first-order chi connectivity index (χ1) is 9.54. The highest BCUT2D eigenvalue weighted by molar-refractivity contribution is 6.07. The SMILES string of the molecule is CC(C)(C)COc1nc2ccccc2c2ccccc12. The van der Waals surface area contributed by atoms with Crippen molar-refractivity contribution in [3.8, 4) is 5.88 Å². The predicted octanol–water partition coefficient (Wildman–Crippen LogP) is 4.81. The number of para-hydroxylation sites is 1. The van der Waals surface area contributed by atoms with Crippen molar-refractivity contribution in [2.45, 2.75) is 20.8 Å². The number of aromatic nitrogens is 1. The van der Waals surface area contributed by atoms with Crippen LogP contribution in [0.4, 0.5) is 0 Å². The van der Waals surface area contributed by atoms with Gasteiger partial charge < -0.3 is 4.74 Å². The highest BCUT2D eigenvalue weighted by Gasteiger charge is 2.14. The average molecular weight is 265 g/mol. The zero-order chi connectivity index (χ0) is 14.2. The van der Waals surface area contributed by atoms with Gasteiger partial charge in [-0.3, -0.25) is 0 Å². The first kappa shape index (κ1) is 12.9. The number of ether oxygens (including phenoxy) is 1. The van der Waals surface area contributed by atoms with Gasteiger partial charge in [-0.1, -0.05) is 57.2 Å². The Morgan fingerprint density at radius 1 is 0.850 bits per heavy atom. The van der Waals surface area contributed by atoms with Gasteiger partial charge >= 0.3 is 0 Å². The van der Waals surface area contributed by atoms with Crippen molar-refractivity contribution in [1.29, 1.82) is 0 Å². The molecule has 3 aromatic rings. The lowest BCUT2D eigenvalue weighted by molar-refractivity contribution is 0.194. The first-order valence-electron chi connectivity index (χ1n) is 6.95. The Labute approximate surface area is 119 Å². The normalized spacial score (nSPS) is 11.9. The maximum absolute atomic E-state index is 5.98. The van der Waals surface area contributed by atoms with Gasteiger partial charge in [0.2, 0.25) is 5.88 Å². The molecule has 0 unspecified atom stereocenters. The fraction of sp³-hybridized carbons (Fsp3) is 0.278. The summed E-state index contributed by atoms with van der Waals surface area (Å²) in [5, 5.41) is 3.45. The van der Waals surface area contributed by atoms with Crippen molar-refractivity contribution in [2.75, 3.05) is 6.61 Å². The summed E-state index contributed by atoms with van der Waals surface area (Å²) in [4.78, 5) is 4.68. The molecule has 0 aliphatic rings. The van der Waals surface area contributed by atoms with E-state index >= 15 is 0 Å². The van der Waals surface area contributed by atoms with Gasteiger partial charge in [0.15, 0.2) is 0 Å². The molecule has 2 aromatic carbocycles. The van der Waals surface area contributed by atoms with Gasteiger partial charge in [0, 0.05) is 10.8 Å². The first-order valence-corrected chi connectivity index (χ1v) is 6.95. The minimum absolute atomic E-state index is 0.119. The van der Waals surface area contributed by atoms with Crippen molar-refractivity contribution >= 4 is 21.7 Å². The van der Waals surface area contributed by atoms with Gasteiger partial charge in [-0.15, -0.1) is 0 Å². The number of nitrogens with zero attached hydrogens (tertiary/aromatic N) is 1. The molecule has 1 heterocycles. The van der Waals surface area contributed by atoms with Crippen LogP contribution in [0, 0.1) is 5.41 Å². The van der Waals surface area contributed by atoms with Gasteiger partial charge in [-0.25, -0.2) is 4.98 Å². The Bertz CT molecular complexity index is 756. The predicted molar refractivity (Wildman–Crippen MR) is 84.2 cm³/mol. The summed E-state index contributed by atoms with van der Waals surface area (Å²) in [5.41, 5.74) is 1.10. The van der Waals surface area contributed by atoms with Crippen LogP contribution in [0.25, 0.3) is 21.7 Å². The molecule has 0 N–H and O–H groups in total. The Morgan fingerprint density at radius 3 is 2.15 bits per heavy atom. The van der Waals surface area contributed by atoms with Crippen LogP contribution in [0.15, 0.2) is 48.5 Å². The molecule has 102 valence electrons. The van der Waals surface area contributed by atoms with Crippen LogP contribution in [-0.4, -0.2) is 11.6 Å². The van der Waals surface area contributed by atoms with Gasteiger partial charge in [0.25, 0.3) is 0 Å². The summed E-state index contributed by atoms with van der Waals surface area (Å²) in [6.45, 7) is 7.14. The Morgan fingerprint density at radius 2 is 1.45 bits per heavy atom. The van der Waals surface area contributed by atoms with Crippen LogP contribution in [-0.2, 0) is 0 Å². The Kier molecular flexibility index (Phi) is 3.09. The molecule has 0 amide bonds. The molecule has 0 spiro atoms. The van der Waals surface area contributed by atoms with E-state index in [1.54, 1.807) is 0 Å². The molecular formula is C18H19NO. The van der Waals surface area contributed by atoms with E-state index in [0.29, 0.717) is 6.61 Å². The van der Waals surface area contributed by atoms with Crippen LogP contribution in [0.2, 0.25) is 0 Å². The standard InChI is InChI=1S/C18H19NO/c1-18(2,3)12-20-17-15-10-5-4-8-13(15)14-9-6-7-11-16(14)19-17/h4-11H,12H2,1-3H3. The maximum Gasteiger partial charge on any atom is 0.221 e. The zero-order valence-corrected chi connectivity index (χ0v) is 12.2. The van der Waals surface area contributed by atoms with E-state index in [9.17, 15) is 0 Å². The third-order valence-electron chi connectivity index (χ3n) is 3.22. The molecule has 0 saturated carbocycles. The highest BCUT2D eigenvalue weighted by atomic mass is 16.5. The van der Waals surface area contributed by atoms with Gasteiger partial charge in [0.05, 0.1) is 12.1 Å². The van der Waals surface area contributed by atoms with Crippen LogP contribution in [0.1, 0.15) is 20.8 Å². The summed E-state index contributed by atoms with van der Waals surface area (Å²) < 4.78 is 5.98. The molecule has 0 atom stereocenters. The molecule has 0 fully saturated rings. The van der Waals surface area contributed by atoms with Crippen LogP contribution in [0.5, 0.6) is 5.88 Å². The lowest BCUT2D eigenvalue weighted by Gasteiger charge is -2.19. The number of hydrogen-bond donors (Lipinski definition) is 0. The molecule has 0 bridgehead atoms. The van der Waals surface area contributed by atoms with E-state index in [0.717, 1.165) is 16.8 Å². The quantitative estimate of drug-likeness (QED) is 0.620. The highest BCUT2D eigenvalue weighted by Crippen LogP contribution is 2.31. The average Bonchev–Trinajstić information content (AvgIpc) is 2.44.